The number of hydrogen-bond donors (Lipinski definition) is 4. The van der Waals surface area contributed by atoms with Crippen molar-refractivity contribution in [1.82, 2.24) is 20.3 Å². The number of nitrogens with one attached hydrogen (secondary N) is 4. The molecule has 2 amide bonds. The van der Waals surface area contributed by atoms with E-state index in [9.17, 15) is 9.59 Å². The second-order valence-electron chi connectivity index (χ2n) is 7.41. The first-order valence-electron chi connectivity index (χ1n) is 10.0. The molecule has 9 heteroatoms. The largest absolute Gasteiger partial charge is 0.376 e. The third kappa shape index (κ3) is 4.68. The van der Waals surface area contributed by atoms with E-state index >= 15 is 0 Å². The molecule has 30 heavy (non-hydrogen) atoms. The highest BCUT2D eigenvalue weighted by atomic mass is 16.2. The number of fused-ring (bicyclic) bond motifs is 1. The number of aromatic amines is 1. The number of carbonyl (C=O) groups excluding carboxylic acids is 2. The van der Waals surface area contributed by atoms with E-state index in [2.05, 4.69) is 35.8 Å². The smallest absolute Gasteiger partial charge is 0.239 e. The Hall–Kier alpha value is -3.62. The van der Waals surface area contributed by atoms with Crippen LogP contribution in [0.2, 0.25) is 0 Å². The van der Waals surface area contributed by atoms with Crippen LogP contribution in [0.4, 0.5) is 17.2 Å². The first-order valence-corrected chi connectivity index (χ1v) is 10.0. The first-order chi connectivity index (χ1) is 14.6. The van der Waals surface area contributed by atoms with Crippen LogP contribution in [-0.2, 0) is 9.59 Å². The lowest BCUT2D eigenvalue weighted by atomic mass is 10.1. The average molecular weight is 407 g/mol. The van der Waals surface area contributed by atoms with E-state index in [1.807, 2.05) is 24.4 Å². The van der Waals surface area contributed by atoms with Crippen molar-refractivity contribution < 1.29 is 9.59 Å². The minimum Gasteiger partial charge on any atom is -0.376 e. The number of aromatic nitrogens is 3. The lowest BCUT2D eigenvalue weighted by Crippen LogP contribution is -2.49. The molecule has 0 radical (unpaired) electrons. The van der Waals surface area contributed by atoms with E-state index in [-0.39, 0.29) is 24.4 Å². The van der Waals surface area contributed by atoms with Gasteiger partial charge in [0.2, 0.25) is 11.8 Å². The average Bonchev–Trinajstić information content (AvgIpc) is 3.21. The highest BCUT2D eigenvalue weighted by Crippen LogP contribution is 2.25. The molecule has 0 aliphatic carbocycles. The van der Waals surface area contributed by atoms with Gasteiger partial charge >= 0.3 is 0 Å². The lowest BCUT2D eigenvalue weighted by Gasteiger charge is -2.34. The standard InChI is InChI=1S/C21H25N7O2/c1-14(29)26-16-5-2-4-15(10-16)23-11-19(30)27-17-6-3-9-28(12-17)21-18-7-8-22-20(18)24-13-25-21/h2,4-5,7-8,10,13,17,23H,3,6,9,11-12H2,1H3,(H,26,29)(H,27,30)(H,22,24,25). The van der Waals surface area contributed by atoms with Crippen LogP contribution in [0.5, 0.6) is 0 Å². The summed E-state index contributed by atoms with van der Waals surface area (Å²) in [6.45, 7) is 3.23. The minimum atomic E-state index is -0.132. The summed E-state index contributed by atoms with van der Waals surface area (Å²) in [6, 6.07) is 9.33. The van der Waals surface area contributed by atoms with E-state index in [4.69, 9.17) is 0 Å². The van der Waals surface area contributed by atoms with Gasteiger partial charge in [0, 0.05) is 43.6 Å². The zero-order chi connectivity index (χ0) is 20.9. The Labute approximate surface area is 174 Å². The monoisotopic (exact) mass is 407 g/mol. The lowest BCUT2D eigenvalue weighted by molar-refractivity contribution is -0.120. The predicted octanol–water partition coefficient (Wildman–Crippen LogP) is 2.11. The van der Waals surface area contributed by atoms with Crippen molar-refractivity contribution in [2.24, 2.45) is 0 Å². The van der Waals surface area contributed by atoms with Gasteiger partial charge in [0.1, 0.15) is 17.8 Å². The predicted molar refractivity (Wildman–Crippen MR) is 117 cm³/mol. The Kier molecular flexibility index (Phi) is 5.78. The quantitative estimate of drug-likeness (QED) is 0.498. The van der Waals surface area contributed by atoms with Crippen molar-refractivity contribution in [3.63, 3.8) is 0 Å². The summed E-state index contributed by atoms with van der Waals surface area (Å²) in [6.07, 6.45) is 5.34. The summed E-state index contributed by atoms with van der Waals surface area (Å²) in [7, 11) is 0. The molecule has 1 saturated heterocycles. The summed E-state index contributed by atoms with van der Waals surface area (Å²) >= 11 is 0. The van der Waals surface area contributed by atoms with Gasteiger partial charge in [0.25, 0.3) is 0 Å². The number of rotatable bonds is 6. The van der Waals surface area contributed by atoms with Gasteiger partial charge in [0.15, 0.2) is 0 Å². The number of benzene rings is 1. The van der Waals surface area contributed by atoms with Crippen LogP contribution in [0.1, 0.15) is 19.8 Å². The third-order valence-electron chi connectivity index (χ3n) is 5.05. The van der Waals surface area contributed by atoms with Gasteiger partial charge in [-0.3, -0.25) is 9.59 Å². The maximum atomic E-state index is 12.5. The molecule has 0 saturated carbocycles. The van der Waals surface area contributed by atoms with Gasteiger partial charge in [-0.15, -0.1) is 0 Å². The molecule has 4 rings (SSSR count). The SMILES string of the molecule is CC(=O)Nc1cccc(NCC(=O)NC2CCCN(c3ncnc4[nH]ccc34)C2)c1. The van der Waals surface area contributed by atoms with Crippen molar-refractivity contribution in [1.29, 1.82) is 0 Å². The molecule has 1 aliphatic rings. The second-order valence-corrected chi connectivity index (χ2v) is 7.41. The van der Waals surface area contributed by atoms with E-state index in [0.29, 0.717) is 12.2 Å². The Morgan fingerprint density at radius 3 is 2.97 bits per heavy atom. The molecule has 1 aromatic carbocycles. The molecule has 1 aliphatic heterocycles. The fourth-order valence-corrected chi connectivity index (χ4v) is 3.77. The highest BCUT2D eigenvalue weighted by molar-refractivity contribution is 5.89. The molecule has 3 heterocycles. The normalized spacial score (nSPS) is 16.3. The fraction of sp³-hybridized carbons (Fsp3) is 0.333. The number of H-pyrrole nitrogens is 1. The Morgan fingerprint density at radius 1 is 1.23 bits per heavy atom. The Balaban J connectivity index is 1.32. The van der Waals surface area contributed by atoms with Crippen molar-refractivity contribution in [3.05, 3.63) is 42.9 Å². The van der Waals surface area contributed by atoms with E-state index in [1.165, 1.54) is 6.92 Å². The van der Waals surface area contributed by atoms with Gasteiger partial charge < -0.3 is 25.8 Å². The molecule has 4 N–H and O–H groups in total. The summed E-state index contributed by atoms with van der Waals surface area (Å²) in [5, 5.41) is 9.95. The molecule has 1 unspecified atom stereocenters. The number of piperidine rings is 1. The number of hydrogen-bond acceptors (Lipinski definition) is 6. The second kappa shape index (κ2) is 8.81. The summed E-state index contributed by atoms with van der Waals surface area (Å²) in [5.41, 5.74) is 2.28. The summed E-state index contributed by atoms with van der Waals surface area (Å²) in [4.78, 5) is 37.7. The van der Waals surface area contributed by atoms with Crippen LogP contribution in [0, 0.1) is 0 Å². The Morgan fingerprint density at radius 2 is 2.10 bits per heavy atom. The zero-order valence-electron chi connectivity index (χ0n) is 16.8. The van der Waals surface area contributed by atoms with Crippen molar-refractivity contribution in [2.45, 2.75) is 25.8 Å². The molecular formula is C21H25N7O2. The van der Waals surface area contributed by atoms with Crippen LogP contribution in [-0.4, -0.2) is 52.4 Å². The van der Waals surface area contributed by atoms with Gasteiger partial charge in [0.05, 0.1) is 11.9 Å². The maximum absolute atomic E-state index is 12.5. The van der Waals surface area contributed by atoms with Crippen LogP contribution in [0.25, 0.3) is 11.0 Å². The van der Waals surface area contributed by atoms with Crippen LogP contribution in [0.3, 0.4) is 0 Å². The summed E-state index contributed by atoms with van der Waals surface area (Å²) < 4.78 is 0. The fourth-order valence-electron chi connectivity index (χ4n) is 3.77. The zero-order valence-corrected chi connectivity index (χ0v) is 16.8. The third-order valence-corrected chi connectivity index (χ3v) is 5.05. The number of carbonyl (C=O) groups is 2. The molecule has 156 valence electrons. The molecule has 9 nitrogen and oxygen atoms in total. The molecule has 1 fully saturated rings. The number of amides is 2. The topological polar surface area (TPSA) is 115 Å². The van der Waals surface area contributed by atoms with Gasteiger partial charge in [-0.25, -0.2) is 9.97 Å². The van der Waals surface area contributed by atoms with Crippen LogP contribution >= 0.6 is 0 Å². The minimum absolute atomic E-state index is 0.0581. The maximum Gasteiger partial charge on any atom is 0.239 e. The van der Waals surface area contributed by atoms with Crippen LogP contribution < -0.4 is 20.9 Å². The Bertz CT molecular complexity index is 1050. The summed E-state index contributed by atoms with van der Waals surface area (Å²) in [5.74, 6) is 0.696. The van der Waals surface area contributed by atoms with Crippen molar-refractivity contribution in [2.75, 3.05) is 35.2 Å². The van der Waals surface area contributed by atoms with Gasteiger partial charge in [-0.05, 0) is 37.1 Å². The molecule has 3 aromatic rings. The molecule has 2 aromatic heterocycles. The molecule has 1 atom stereocenters. The van der Waals surface area contributed by atoms with Gasteiger partial charge in [-0.2, -0.15) is 0 Å². The van der Waals surface area contributed by atoms with E-state index in [0.717, 1.165) is 41.9 Å². The van der Waals surface area contributed by atoms with Crippen molar-refractivity contribution in [3.8, 4) is 0 Å². The molecule has 0 spiro atoms. The highest BCUT2D eigenvalue weighted by Gasteiger charge is 2.23. The van der Waals surface area contributed by atoms with E-state index in [1.54, 1.807) is 18.5 Å². The molecular weight excluding hydrogens is 382 g/mol. The van der Waals surface area contributed by atoms with Crippen LogP contribution in [0.15, 0.2) is 42.9 Å². The number of nitrogens with zero attached hydrogens (tertiary/aromatic N) is 3. The van der Waals surface area contributed by atoms with Crippen molar-refractivity contribution >= 4 is 40.0 Å². The first kappa shape index (κ1) is 19.7. The number of anilines is 3. The molecule has 0 bridgehead atoms. The van der Waals surface area contributed by atoms with E-state index < -0.39 is 0 Å². The van der Waals surface area contributed by atoms with Gasteiger partial charge in [-0.1, -0.05) is 6.07 Å².